The molecule has 0 aromatic heterocycles. The van der Waals surface area contributed by atoms with E-state index in [0.717, 1.165) is 18.2 Å². The van der Waals surface area contributed by atoms with Crippen molar-refractivity contribution in [3.8, 4) is 0 Å². The van der Waals surface area contributed by atoms with E-state index in [-0.39, 0.29) is 16.6 Å². The minimum absolute atomic E-state index is 0.0649. The fourth-order valence-electron chi connectivity index (χ4n) is 1.83. The zero-order valence-corrected chi connectivity index (χ0v) is 11.9. The number of benzene rings is 2. The maximum atomic E-state index is 13.7. The van der Waals surface area contributed by atoms with Gasteiger partial charge in [-0.25, -0.2) is 13.2 Å². The summed E-state index contributed by atoms with van der Waals surface area (Å²) in [6.07, 6.45) is 0. The molecule has 0 amide bonds. The molecule has 0 saturated carbocycles. The third kappa shape index (κ3) is 3.32. The Labute approximate surface area is 122 Å². The molecule has 106 valence electrons. The molecule has 2 rings (SSSR count). The molecule has 2 aromatic carbocycles. The number of nitrogens with one attached hydrogen (secondary N) is 1. The smallest absolute Gasteiger partial charge is 0.137 e. The predicted molar refractivity (Wildman–Crippen MR) is 75.9 cm³/mol. The molecule has 2 aromatic rings. The molecule has 2 nitrogen and oxygen atoms in total. The van der Waals surface area contributed by atoms with E-state index in [2.05, 4.69) is 21.2 Å². The highest BCUT2D eigenvalue weighted by Crippen LogP contribution is 2.25. The molecular weight excluding hydrogens is 333 g/mol. The van der Waals surface area contributed by atoms with Gasteiger partial charge in [0, 0.05) is 17.8 Å². The molecule has 6 heteroatoms. The molecule has 3 N–H and O–H groups in total. The number of nitrogens with two attached hydrogens (primary N) is 1. The van der Waals surface area contributed by atoms with Crippen molar-refractivity contribution in [2.75, 3.05) is 11.9 Å². The molecule has 0 aliphatic carbocycles. The number of anilines is 1. The van der Waals surface area contributed by atoms with Gasteiger partial charge in [0.25, 0.3) is 0 Å². The van der Waals surface area contributed by atoms with Crippen LogP contribution in [0.3, 0.4) is 0 Å². The van der Waals surface area contributed by atoms with Gasteiger partial charge in [-0.2, -0.15) is 0 Å². The van der Waals surface area contributed by atoms with Crippen molar-refractivity contribution in [3.05, 3.63) is 63.9 Å². The summed E-state index contributed by atoms with van der Waals surface area (Å²) in [5, 5.41) is 2.95. The average Bonchev–Trinajstić information content (AvgIpc) is 2.43. The standard InChI is InChI=1S/C14H12BrF3N2/c15-11-6-9(2-4-13(11)18)20-14(7-19)10-5-8(16)1-3-12(10)17/h1-6,14,20H,7,19H2. The molecule has 0 aliphatic heterocycles. The van der Waals surface area contributed by atoms with Crippen LogP contribution in [0.2, 0.25) is 0 Å². The molecule has 0 radical (unpaired) electrons. The maximum Gasteiger partial charge on any atom is 0.137 e. The molecule has 0 bridgehead atoms. The second-order valence-corrected chi connectivity index (χ2v) is 5.08. The molecular formula is C14H12BrF3N2. The van der Waals surface area contributed by atoms with E-state index >= 15 is 0 Å². The lowest BCUT2D eigenvalue weighted by Gasteiger charge is -2.19. The monoisotopic (exact) mass is 344 g/mol. The summed E-state index contributed by atoms with van der Waals surface area (Å²) in [4.78, 5) is 0. The molecule has 0 aliphatic rings. The first-order chi connectivity index (χ1) is 9.51. The normalized spacial score (nSPS) is 12.2. The van der Waals surface area contributed by atoms with Crippen LogP contribution in [0.15, 0.2) is 40.9 Å². The number of hydrogen-bond donors (Lipinski definition) is 2. The highest BCUT2D eigenvalue weighted by Gasteiger charge is 2.15. The lowest BCUT2D eigenvalue weighted by Crippen LogP contribution is -2.22. The van der Waals surface area contributed by atoms with Crippen molar-refractivity contribution < 1.29 is 13.2 Å². The summed E-state index contributed by atoms with van der Waals surface area (Å²) >= 11 is 3.06. The molecule has 0 spiro atoms. The summed E-state index contributed by atoms with van der Waals surface area (Å²) in [5.41, 5.74) is 6.29. The minimum Gasteiger partial charge on any atom is -0.377 e. The SMILES string of the molecule is NCC(Nc1ccc(F)c(Br)c1)c1cc(F)ccc1F. The van der Waals surface area contributed by atoms with Crippen LogP contribution in [0.4, 0.5) is 18.9 Å². The Kier molecular flexibility index (Phi) is 4.67. The lowest BCUT2D eigenvalue weighted by molar-refractivity contribution is 0.571. The van der Waals surface area contributed by atoms with E-state index in [1.807, 2.05) is 0 Å². The van der Waals surface area contributed by atoms with Crippen LogP contribution in [0.1, 0.15) is 11.6 Å². The van der Waals surface area contributed by atoms with Crippen molar-refractivity contribution in [1.29, 1.82) is 0 Å². The molecule has 20 heavy (non-hydrogen) atoms. The summed E-state index contributed by atoms with van der Waals surface area (Å²) in [6, 6.07) is 6.86. The Morgan fingerprint density at radius 1 is 1.05 bits per heavy atom. The topological polar surface area (TPSA) is 38.0 Å². The third-order valence-electron chi connectivity index (χ3n) is 2.83. The van der Waals surface area contributed by atoms with Crippen molar-refractivity contribution >= 4 is 21.6 Å². The van der Waals surface area contributed by atoms with Gasteiger partial charge in [0.15, 0.2) is 0 Å². The minimum atomic E-state index is -0.608. The molecule has 0 fully saturated rings. The van der Waals surface area contributed by atoms with Crippen LogP contribution in [0.5, 0.6) is 0 Å². The van der Waals surface area contributed by atoms with Gasteiger partial charge < -0.3 is 11.1 Å². The van der Waals surface area contributed by atoms with E-state index in [1.165, 1.54) is 18.2 Å². The molecule has 1 unspecified atom stereocenters. The molecule has 1 atom stereocenters. The third-order valence-corrected chi connectivity index (χ3v) is 3.44. The van der Waals surface area contributed by atoms with Crippen molar-refractivity contribution in [2.24, 2.45) is 5.73 Å². The van der Waals surface area contributed by atoms with Gasteiger partial charge in [-0.05, 0) is 52.3 Å². The largest absolute Gasteiger partial charge is 0.377 e. The molecule has 0 heterocycles. The Morgan fingerprint density at radius 2 is 1.75 bits per heavy atom. The van der Waals surface area contributed by atoms with Gasteiger partial charge >= 0.3 is 0 Å². The maximum absolute atomic E-state index is 13.7. The first-order valence-corrected chi connectivity index (χ1v) is 6.67. The lowest BCUT2D eigenvalue weighted by atomic mass is 10.1. The van der Waals surface area contributed by atoms with Crippen LogP contribution < -0.4 is 11.1 Å². The average molecular weight is 345 g/mol. The first-order valence-electron chi connectivity index (χ1n) is 5.88. The van der Waals surface area contributed by atoms with Crippen LogP contribution >= 0.6 is 15.9 Å². The summed E-state index contributed by atoms with van der Waals surface area (Å²) < 4.78 is 40.4. The van der Waals surface area contributed by atoms with E-state index in [9.17, 15) is 13.2 Å². The first kappa shape index (κ1) is 14.9. The zero-order valence-electron chi connectivity index (χ0n) is 10.3. The van der Waals surface area contributed by atoms with Crippen molar-refractivity contribution in [3.63, 3.8) is 0 Å². The Hall–Kier alpha value is -1.53. The van der Waals surface area contributed by atoms with Crippen molar-refractivity contribution in [2.45, 2.75) is 6.04 Å². The zero-order chi connectivity index (χ0) is 14.7. The number of hydrogen-bond acceptors (Lipinski definition) is 2. The summed E-state index contributed by atoms with van der Waals surface area (Å²) in [6.45, 7) is 0.0649. The van der Waals surface area contributed by atoms with E-state index < -0.39 is 23.5 Å². The Balaban J connectivity index is 2.28. The summed E-state index contributed by atoms with van der Waals surface area (Å²) in [5.74, 6) is -1.49. The van der Waals surface area contributed by atoms with Gasteiger partial charge in [-0.3, -0.25) is 0 Å². The van der Waals surface area contributed by atoms with E-state index in [0.29, 0.717) is 5.69 Å². The van der Waals surface area contributed by atoms with E-state index in [4.69, 9.17) is 5.73 Å². The van der Waals surface area contributed by atoms with E-state index in [1.54, 1.807) is 0 Å². The Bertz CT molecular complexity index is 619. The summed E-state index contributed by atoms with van der Waals surface area (Å²) in [7, 11) is 0. The van der Waals surface area contributed by atoms with Gasteiger partial charge in [-0.1, -0.05) is 0 Å². The van der Waals surface area contributed by atoms with Gasteiger partial charge in [0.1, 0.15) is 17.5 Å². The fourth-order valence-corrected chi connectivity index (χ4v) is 2.21. The highest BCUT2D eigenvalue weighted by molar-refractivity contribution is 9.10. The number of rotatable bonds is 4. The van der Waals surface area contributed by atoms with Crippen LogP contribution in [-0.4, -0.2) is 6.54 Å². The van der Waals surface area contributed by atoms with Gasteiger partial charge in [0.05, 0.1) is 10.5 Å². The van der Waals surface area contributed by atoms with Crippen LogP contribution in [-0.2, 0) is 0 Å². The van der Waals surface area contributed by atoms with Crippen molar-refractivity contribution in [1.82, 2.24) is 0 Å². The Morgan fingerprint density at radius 3 is 2.40 bits per heavy atom. The molecule has 0 saturated heterocycles. The predicted octanol–water partition coefficient (Wildman–Crippen LogP) is 3.98. The number of halogens is 4. The van der Waals surface area contributed by atoms with Crippen LogP contribution in [0.25, 0.3) is 0 Å². The van der Waals surface area contributed by atoms with Crippen LogP contribution in [0, 0.1) is 17.5 Å². The highest BCUT2D eigenvalue weighted by atomic mass is 79.9. The second kappa shape index (κ2) is 6.28. The fraction of sp³-hybridized carbons (Fsp3) is 0.143. The van der Waals surface area contributed by atoms with Gasteiger partial charge in [0.2, 0.25) is 0 Å². The second-order valence-electron chi connectivity index (χ2n) is 4.23. The van der Waals surface area contributed by atoms with Gasteiger partial charge in [-0.15, -0.1) is 0 Å². The quantitative estimate of drug-likeness (QED) is 0.880.